The number of carbonyl (C=O) groups excluding carboxylic acids is 2. The smallest absolute Gasteiger partial charge is 0.242 e. The minimum atomic E-state index is -0.632. The summed E-state index contributed by atoms with van der Waals surface area (Å²) in [6.45, 7) is 1.08. The maximum absolute atomic E-state index is 12.6. The number of hydrogen-bond acceptors (Lipinski definition) is 5. The maximum atomic E-state index is 12.6. The Balaban J connectivity index is 1.86. The highest BCUT2D eigenvalue weighted by Crippen LogP contribution is 2.18. The van der Waals surface area contributed by atoms with Crippen molar-refractivity contribution in [3.63, 3.8) is 0 Å². The van der Waals surface area contributed by atoms with Crippen molar-refractivity contribution >= 4 is 23.2 Å². The van der Waals surface area contributed by atoms with Crippen molar-refractivity contribution in [3.05, 3.63) is 57.8 Å². The molecule has 1 heterocycles. The highest BCUT2D eigenvalue weighted by molar-refractivity contribution is 7.11. The van der Waals surface area contributed by atoms with Crippen molar-refractivity contribution in [3.8, 4) is 0 Å². The van der Waals surface area contributed by atoms with E-state index in [4.69, 9.17) is 11.5 Å². The van der Waals surface area contributed by atoms with Crippen LogP contribution in [0.15, 0.2) is 42.5 Å². The topological polar surface area (TPSA) is 110 Å². The molecule has 0 aliphatic carbocycles. The minimum absolute atomic E-state index is 0.140. The fourth-order valence-electron chi connectivity index (χ4n) is 2.71. The van der Waals surface area contributed by atoms with E-state index in [0.717, 1.165) is 24.8 Å². The monoisotopic (exact) mass is 388 g/mol. The normalized spacial score (nSPS) is 11.8. The van der Waals surface area contributed by atoms with Crippen LogP contribution >= 0.6 is 11.3 Å². The lowest BCUT2D eigenvalue weighted by atomic mass is 10.1. The largest absolute Gasteiger partial charge is 0.354 e. The molecule has 1 aromatic heterocycles. The fourth-order valence-corrected chi connectivity index (χ4v) is 3.77. The van der Waals surface area contributed by atoms with E-state index in [-0.39, 0.29) is 18.4 Å². The molecule has 0 saturated heterocycles. The number of carbonyl (C=O) groups is 2. The molecule has 146 valence electrons. The summed E-state index contributed by atoms with van der Waals surface area (Å²) in [6.07, 6.45) is 3.18. The van der Waals surface area contributed by atoms with E-state index in [2.05, 4.69) is 22.8 Å². The van der Waals surface area contributed by atoms with Gasteiger partial charge in [0.15, 0.2) is 0 Å². The van der Waals surface area contributed by atoms with Crippen molar-refractivity contribution in [2.24, 2.45) is 11.5 Å². The summed E-state index contributed by atoms with van der Waals surface area (Å²) in [4.78, 5) is 26.8. The van der Waals surface area contributed by atoms with Gasteiger partial charge < -0.3 is 22.1 Å². The Morgan fingerprint density at radius 3 is 2.37 bits per heavy atom. The zero-order valence-electron chi connectivity index (χ0n) is 15.4. The average molecular weight is 389 g/mol. The lowest BCUT2D eigenvalue weighted by Crippen LogP contribution is -2.49. The van der Waals surface area contributed by atoms with Crippen LogP contribution in [-0.4, -0.2) is 37.5 Å². The molecule has 0 radical (unpaired) electrons. The van der Waals surface area contributed by atoms with Crippen LogP contribution in [0, 0.1) is 0 Å². The summed E-state index contributed by atoms with van der Waals surface area (Å²) >= 11 is 1.76. The summed E-state index contributed by atoms with van der Waals surface area (Å²) in [6, 6.07) is 13.2. The van der Waals surface area contributed by atoms with Crippen LogP contribution in [0.2, 0.25) is 0 Å². The van der Waals surface area contributed by atoms with Crippen LogP contribution < -0.4 is 22.1 Å². The van der Waals surface area contributed by atoms with E-state index < -0.39 is 6.04 Å². The molecule has 0 fully saturated rings. The van der Waals surface area contributed by atoms with Gasteiger partial charge in [-0.25, -0.2) is 0 Å². The third-order valence-corrected chi connectivity index (χ3v) is 5.34. The predicted octanol–water partition coefficient (Wildman–Crippen LogP) is 0.984. The standard InChI is InChI=1S/C20H28N4O2S/c21-11-4-7-16-8-9-17(27-16)10-12-23-20(26)18(24-19(25)14-22)13-15-5-2-1-3-6-15/h1-3,5-6,8-9,18H,4,7,10-14,21-22H2,(H,23,26)(H,24,25)/t18-/m0/s1. The predicted molar refractivity (Wildman–Crippen MR) is 110 cm³/mol. The average Bonchev–Trinajstić information content (AvgIpc) is 3.14. The lowest BCUT2D eigenvalue weighted by molar-refractivity contribution is -0.128. The van der Waals surface area contributed by atoms with Gasteiger partial charge >= 0.3 is 0 Å². The highest BCUT2D eigenvalue weighted by Gasteiger charge is 2.20. The van der Waals surface area contributed by atoms with E-state index in [1.807, 2.05) is 30.3 Å². The number of benzene rings is 1. The maximum Gasteiger partial charge on any atom is 0.242 e. The van der Waals surface area contributed by atoms with Crippen LogP contribution in [0.4, 0.5) is 0 Å². The van der Waals surface area contributed by atoms with E-state index in [0.29, 0.717) is 19.5 Å². The van der Waals surface area contributed by atoms with Gasteiger partial charge in [-0.15, -0.1) is 11.3 Å². The number of hydrogen-bond donors (Lipinski definition) is 4. The van der Waals surface area contributed by atoms with Gasteiger partial charge in [-0.1, -0.05) is 30.3 Å². The molecule has 2 rings (SSSR count). The zero-order chi connectivity index (χ0) is 19.5. The third kappa shape index (κ3) is 7.50. The van der Waals surface area contributed by atoms with E-state index >= 15 is 0 Å². The second-order valence-corrected chi connectivity index (χ2v) is 7.57. The van der Waals surface area contributed by atoms with Gasteiger partial charge in [0.05, 0.1) is 6.54 Å². The number of nitrogens with two attached hydrogens (primary N) is 2. The summed E-state index contributed by atoms with van der Waals surface area (Å²) in [5.41, 5.74) is 11.9. The molecule has 0 saturated carbocycles. The lowest BCUT2D eigenvalue weighted by Gasteiger charge is -2.18. The van der Waals surface area contributed by atoms with Gasteiger partial charge in [-0.3, -0.25) is 9.59 Å². The molecule has 27 heavy (non-hydrogen) atoms. The number of rotatable bonds is 11. The Bertz CT molecular complexity index is 718. The van der Waals surface area contributed by atoms with E-state index in [1.54, 1.807) is 11.3 Å². The molecule has 0 aliphatic rings. The molecule has 0 aliphatic heterocycles. The Kier molecular flexibility index (Phi) is 8.97. The first-order valence-electron chi connectivity index (χ1n) is 9.21. The molecule has 7 heteroatoms. The third-order valence-electron chi connectivity index (χ3n) is 4.13. The highest BCUT2D eigenvalue weighted by atomic mass is 32.1. The second kappa shape index (κ2) is 11.5. The minimum Gasteiger partial charge on any atom is -0.354 e. The SMILES string of the molecule is NCCCc1ccc(CCNC(=O)[C@H](Cc2ccccc2)NC(=O)CN)s1. The van der Waals surface area contributed by atoms with Crippen molar-refractivity contribution in [2.45, 2.75) is 31.7 Å². The zero-order valence-corrected chi connectivity index (χ0v) is 16.3. The summed E-state index contributed by atoms with van der Waals surface area (Å²) < 4.78 is 0. The quantitative estimate of drug-likeness (QED) is 0.460. The van der Waals surface area contributed by atoms with E-state index in [1.165, 1.54) is 9.75 Å². The van der Waals surface area contributed by atoms with Gasteiger partial charge in [0, 0.05) is 22.7 Å². The summed E-state index contributed by atoms with van der Waals surface area (Å²) in [7, 11) is 0. The first-order chi connectivity index (χ1) is 13.1. The van der Waals surface area contributed by atoms with Gasteiger partial charge in [0.2, 0.25) is 11.8 Å². The Hall–Kier alpha value is -2.22. The Labute approximate surface area is 164 Å². The van der Waals surface area contributed by atoms with Crippen molar-refractivity contribution in [1.29, 1.82) is 0 Å². The molecule has 1 atom stereocenters. The number of amides is 2. The van der Waals surface area contributed by atoms with Crippen LogP contribution in [0.5, 0.6) is 0 Å². The van der Waals surface area contributed by atoms with Crippen LogP contribution in [0.1, 0.15) is 21.7 Å². The molecule has 0 bridgehead atoms. The number of thiophene rings is 1. The first kappa shape index (κ1) is 21.1. The molecular formula is C20H28N4O2S. The van der Waals surface area contributed by atoms with Crippen molar-refractivity contribution in [1.82, 2.24) is 10.6 Å². The van der Waals surface area contributed by atoms with Crippen LogP contribution in [0.25, 0.3) is 0 Å². The van der Waals surface area contributed by atoms with Gasteiger partial charge in [-0.2, -0.15) is 0 Å². The van der Waals surface area contributed by atoms with Crippen LogP contribution in [0.3, 0.4) is 0 Å². The second-order valence-electron chi connectivity index (χ2n) is 6.32. The molecule has 0 spiro atoms. The van der Waals surface area contributed by atoms with Gasteiger partial charge in [0.1, 0.15) is 6.04 Å². The molecule has 2 aromatic rings. The first-order valence-corrected chi connectivity index (χ1v) is 10.0. The molecule has 6 nitrogen and oxygen atoms in total. The molecule has 1 aromatic carbocycles. The molecule has 6 N–H and O–H groups in total. The summed E-state index contributed by atoms with van der Waals surface area (Å²) in [5, 5.41) is 5.63. The number of nitrogens with one attached hydrogen (secondary N) is 2. The molecular weight excluding hydrogens is 360 g/mol. The Morgan fingerprint density at radius 1 is 1.00 bits per heavy atom. The van der Waals surface area contributed by atoms with Gasteiger partial charge in [0.25, 0.3) is 0 Å². The van der Waals surface area contributed by atoms with Crippen LogP contribution in [-0.2, 0) is 28.9 Å². The van der Waals surface area contributed by atoms with Crippen molar-refractivity contribution < 1.29 is 9.59 Å². The molecule has 2 amide bonds. The molecule has 0 unspecified atom stereocenters. The number of aryl methyl sites for hydroxylation is 1. The Morgan fingerprint density at radius 2 is 1.70 bits per heavy atom. The van der Waals surface area contributed by atoms with Crippen molar-refractivity contribution in [2.75, 3.05) is 19.6 Å². The summed E-state index contributed by atoms with van der Waals surface area (Å²) in [5.74, 6) is -0.533. The van der Waals surface area contributed by atoms with E-state index in [9.17, 15) is 9.59 Å². The fraction of sp³-hybridized carbons (Fsp3) is 0.400. The van der Waals surface area contributed by atoms with Gasteiger partial charge in [-0.05, 0) is 43.5 Å².